The van der Waals surface area contributed by atoms with Crippen LogP contribution in [-0.2, 0) is 6.42 Å². The molecule has 0 unspecified atom stereocenters. The summed E-state index contributed by atoms with van der Waals surface area (Å²) in [5, 5.41) is 17.3. The summed E-state index contributed by atoms with van der Waals surface area (Å²) in [4.78, 5) is 0. The molecule has 0 radical (unpaired) electrons. The van der Waals surface area contributed by atoms with E-state index < -0.39 is 0 Å². The van der Waals surface area contributed by atoms with Gasteiger partial charge in [-0.1, -0.05) is 6.92 Å². The van der Waals surface area contributed by atoms with Gasteiger partial charge in [-0.25, -0.2) is 0 Å². The molecule has 0 aliphatic rings. The van der Waals surface area contributed by atoms with Crippen LogP contribution in [-0.4, -0.2) is 9.94 Å². The zero-order valence-electron chi connectivity index (χ0n) is 6.93. The smallest absolute Gasteiger partial charge is 0.147 e. The quantitative estimate of drug-likeness (QED) is 0.547. The fourth-order valence-corrected chi connectivity index (χ4v) is 2.07. The summed E-state index contributed by atoms with van der Waals surface area (Å²) in [6.07, 6.45) is 0.613. The molecule has 0 fully saturated rings. The number of halogens is 2. The van der Waals surface area contributed by atoms with Gasteiger partial charge in [0, 0.05) is 0 Å². The predicted octanol–water partition coefficient (Wildman–Crippen LogP) is 1.87. The zero-order chi connectivity index (χ0) is 10.2. The Morgan fingerprint density at radius 3 is 2.54 bits per heavy atom. The van der Waals surface area contributed by atoms with E-state index in [2.05, 4.69) is 31.9 Å². The molecule has 13 heavy (non-hydrogen) atoms. The van der Waals surface area contributed by atoms with Crippen molar-refractivity contribution in [2.45, 2.75) is 13.3 Å². The third-order valence-electron chi connectivity index (χ3n) is 1.74. The lowest BCUT2D eigenvalue weighted by Gasteiger charge is -2.12. The Bertz CT molecular complexity index is 400. The number of nitrogens with one attached hydrogen (secondary N) is 1. The zero-order valence-corrected chi connectivity index (χ0v) is 10.1. The Morgan fingerprint density at radius 1 is 1.54 bits per heavy atom. The van der Waals surface area contributed by atoms with Gasteiger partial charge in [0.05, 0.1) is 21.2 Å². The molecule has 1 aromatic rings. The average Bonchev–Trinajstić information content (AvgIpc) is 2.13. The number of anilines is 1. The first kappa shape index (κ1) is 10.6. The second-order valence-electron chi connectivity index (χ2n) is 2.51. The number of pyridine rings is 1. The molecule has 4 nitrogen and oxygen atoms in total. The summed E-state index contributed by atoms with van der Waals surface area (Å²) in [5.74, 6) is 0. The van der Waals surface area contributed by atoms with Crippen molar-refractivity contribution in [3.05, 3.63) is 20.1 Å². The van der Waals surface area contributed by atoms with Gasteiger partial charge in [-0.15, -0.1) is 0 Å². The maximum absolute atomic E-state index is 9.56. The van der Waals surface area contributed by atoms with E-state index in [-0.39, 0.29) is 11.0 Å². The van der Waals surface area contributed by atoms with Crippen molar-refractivity contribution in [3.63, 3.8) is 0 Å². The number of aromatic nitrogens is 1. The van der Waals surface area contributed by atoms with E-state index in [1.54, 1.807) is 0 Å². The molecule has 0 aliphatic carbocycles. The monoisotopic (exact) mass is 309 g/mol. The van der Waals surface area contributed by atoms with Crippen LogP contribution in [0.4, 0.5) is 5.69 Å². The minimum Gasteiger partial charge on any atom is -0.428 e. The molecule has 1 aromatic heterocycles. The lowest BCUT2D eigenvalue weighted by atomic mass is 10.2. The van der Waals surface area contributed by atoms with Gasteiger partial charge in [-0.05, 0) is 38.3 Å². The first-order chi connectivity index (χ1) is 6.00. The van der Waals surface area contributed by atoms with Crippen molar-refractivity contribution in [2.24, 2.45) is 0 Å². The van der Waals surface area contributed by atoms with Gasteiger partial charge >= 0.3 is 0 Å². The molecule has 0 saturated carbocycles. The number of nitrogen functional groups attached to an aromatic ring is 1. The largest absolute Gasteiger partial charge is 0.428 e. The van der Waals surface area contributed by atoms with Crippen LogP contribution in [0.1, 0.15) is 12.6 Å². The van der Waals surface area contributed by atoms with Crippen LogP contribution in [0, 0.1) is 5.41 Å². The standard InChI is InChI=1S/C7H9Br2N3O/c1-2-3-4(8)5(10)6(11)7(9)12(3)13/h10,13H,2,11H2,1H3. The van der Waals surface area contributed by atoms with Crippen molar-refractivity contribution >= 4 is 37.5 Å². The van der Waals surface area contributed by atoms with Crippen LogP contribution in [0.15, 0.2) is 9.08 Å². The number of nitrogens with zero attached hydrogens (tertiary/aromatic N) is 1. The fourth-order valence-electron chi connectivity index (χ4n) is 0.996. The molecule has 6 heteroatoms. The number of rotatable bonds is 1. The first-order valence-corrected chi connectivity index (χ1v) is 5.21. The van der Waals surface area contributed by atoms with Gasteiger partial charge in [0.2, 0.25) is 0 Å². The lowest BCUT2D eigenvalue weighted by molar-refractivity contribution is 0.168. The highest BCUT2D eigenvalue weighted by molar-refractivity contribution is 9.11. The van der Waals surface area contributed by atoms with Crippen molar-refractivity contribution in [1.29, 1.82) is 5.41 Å². The number of hydrogen-bond acceptors (Lipinski definition) is 3. The van der Waals surface area contributed by atoms with E-state index in [1.807, 2.05) is 6.92 Å². The van der Waals surface area contributed by atoms with Gasteiger partial charge < -0.3 is 10.9 Å². The second-order valence-corrected chi connectivity index (χ2v) is 4.05. The first-order valence-electron chi connectivity index (χ1n) is 3.62. The van der Waals surface area contributed by atoms with Gasteiger partial charge in [0.1, 0.15) is 4.60 Å². The van der Waals surface area contributed by atoms with E-state index in [1.165, 1.54) is 0 Å². The molecular formula is C7H9Br2N3O. The van der Waals surface area contributed by atoms with Crippen molar-refractivity contribution in [1.82, 2.24) is 4.73 Å². The fraction of sp³-hybridized carbons (Fsp3) is 0.286. The summed E-state index contributed by atoms with van der Waals surface area (Å²) < 4.78 is 1.79. The van der Waals surface area contributed by atoms with E-state index in [0.29, 0.717) is 21.2 Å². The van der Waals surface area contributed by atoms with E-state index in [0.717, 1.165) is 4.73 Å². The summed E-state index contributed by atoms with van der Waals surface area (Å²) >= 11 is 6.31. The molecule has 1 heterocycles. The molecule has 0 bridgehead atoms. The Morgan fingerprint density at radius 2 is 2.08 bits per heavy atom. The maximum atomic E-state index is 9.56. The highest BCUT2D eigenvalue weighted by Gasteiger charge is 2.12. The predicted molar refractivity (Wildman–Crippen MR) is 56.7 cm³/mol. The van der Waals surface area contributed by atoms with Gasteiger partial charge in [-0.3, -0.25) is 5.41 Å². The summed E-state index contributed by atoms with van der Waals surface area (Å²) in [7, 11) is 0. The highest BCUT2D eigenvalue weighted by Crippen LogP contribution is 2.22. The summed E-state index contributed by atoms with van der Waals surface area (Å²) in [6, 6.07) is 0. The SMILES string of the molecule is CCc1c(Br)c(=N)c(N)c(Br)n1O. The molecule has 72 valence electrons. The Kier molecular flexibility index (Phi) is 3.02. The van der Waals surface area contributed by atoms with Crippen LogP contribution >= 0.6 is 31.9 Å². The van der Waals surface area contributed by atoms with Crippen LogP contribution in [0.2, 0.25) is 0 Å². The molecule has 0 spiro atoms. The topological polar surface area (TPSA) is 75.0 Å². The van der Waals surface area contributed by atoms with E-state index in [9.17, 15) is 5.21 Å². The molecule has 0 aromatic carbocycles. The van der Waals surface area contributed by atoms with Gasteiger partial charge in [0.25, 0.3) is 0 Å². The molecule has 0 amide bonds. The minimum absolute atomic E-state index is 0.189. The third-order valence-corrected chi connectivity index (χ3v) is 3.36. The Balaban J connectivity index is 3.67. The van der Waals surface area contributed by atoms with Gasteiger partial charge in [0.15, 0.2) is 0 Å². The normalized spacial score (nSPS) is 10.4. The van der Waals surface area contributed by atoms with E-state index >= 15 is 0 Å². The highest BCUT2D eigenvalue weighted by atomic mass is 79.9. The summed E-state index contributed by atoms with van der Waals surface area (Å²) in [5.41, 5.74) is 6.39. The van der Waals surface area contributed by atoms with Gasteiger partial charge in [-0.2, -0.15) is 4.73 Å². The van der Waals surface area contributed by atoms with Crippen LogP contribution in [0.3, 0.4) is 0 Å². The molecule has 1 rings (SSSR count). The van der Waals surface area contributed by atoms with Crippen LogP contribution in [0.25, 0.3) is 0 Å². The molecule has 0 aliphatic heterocycles. The molecule has 4 N–H and O–H groups in total. The van der Waals surface area contributed by atoms with Crippen LogP contribution < -0.4 is 11.1 Å². The number of hydrogen-bond donors (Lipinski definition) is 3. The summed E-state index contributed by atoms with van der Waals surface area (Å²) in [6.45, 7) is 1.88. The Labute approximate surface area is 92.1 Å². The minimum atomic E-state index is 0.189. The average molecular weight is 311 g/mol. The third kappa shape index (κ3) is 1.60. The van der Waals surface area contributed by atoms with Crippen molar-refractivity contribution < 1.29 is 5.21 Å². The second kappa shape index (κ2) is 3.71. The molecular weight excluding hydrogens is 302 g/mol. The van der Waals surface area contributed by atoms with E-state index in [4.69, 9.17) is 11.1 Å². The maximum Gasteiger partial charge on any atom is 0.147 e. The lowest BCUT2D eigenvalue weighted by Crippen LogP contribution is -2.18. The Hall–Kier alpha value is -0.490. The van der Waals surface area contributed by atoms with Crippen LogP contribution in [0.5, 0.6) is 0 Å². The number of nitrogens with two attached hydrogens (primary N) is 1. The molecule has 0 atom stereocenters. The molecule has 0 saturated heterocycles. The van der Waals surface area contributed by atoms with Crippen molar-refractivity contribution in [2.75, 3.05) is 5.73 Å². The van der Waals surface area contributed by atoms with Crippen molar-refractivity contribution in [3.8, 4) is 0 Å².